The third kappa shape index (κ3) is 3.57. The quantitative estimate of drug-likeness (QED) is 0.571. The maximum Gasteiger partial charge on any atom is 0.225 e. The number of β-amino-alcohol motifs (C(OH)–C–C–N with tert-alkyl or cyclic N) is 1. The van der Waals surface area contributed by atoms with E-state index in [1.165, 1.54) is 21.8 Å². The molecule has 1 fully saturated rings. The Kier molecular flexibility index (Phi) is 4.87. The molecule has 4 aromatic rings. The van der Waals surface area contributed by atoms with Crippen LogP contribution in [0.2, 0.25) is 0 Å². The van der Waals surface area contributed by atoms with Crippen molar-refractivity contribution < 1.29 is 5.11 Å². The second-order valence-corrected chi connectivity index (χ2v) is 7.64. The molecule has 0 spiro atoms. The zero-order valence-electron chi connectivity index (χ0n) is 16.4. The molecule has 6 nitrogen and oxygen atoms in total. The van der Waals surface area contributed by atoms with Gasteiger partial charge in [0.1, 0.15) is 0 Å². The van der Waals surface area contributed by atoms with E-state index in [0.29, 0.717) is 13.1 Å². The number of para-hydroxylation sites is 2. The molecular formula is C23H25N5O. The highest BCUT2D eigenvalue weighted by Gasteiger charge is 2.21. The Morgan fingerprint density at radius 3 is 1.97 bits per heavy atom. The van der Waals surface area contributed by atoms with Crippen molar-refractivity contribution in [3.8, 4) is 0 Å². The lowest BCUT2D eigenvalue weighted by atomic mass is 10.2. The number of piperazine rings is 1. The smallest absolute Gasteiger partial charge is 0.225 e. The summed E-state index contributed by atoms with van der Waals surface area (Å²) in [5.41, 5.74) is 2.36. The molecule has 1 N–H and O–H groups in total. The molecule has 2 aromatic carbocycles. The van der Waals surface area contributed by atoms with Crippen molar-refractivity contribution in [1.29, 1.82) is 0 Å². The van der Waals surface area contributed by atoms with Crippen LogP contribution in [0.25, 0.3) is 21.8 Å². The van der Waals surface area contributed by atoms with Crippen LogP contribution in [0.4, 0.5) is 5.95 Å². The normalized spacial score (nSPS) is 16.5. The Hall–Kier alpha value is -2.96. The maximum atomic E-state index is 10.9. The van der Waals surface area contributed by atoms with Crippen molar-refractivity contribution in [2.75, 3.05) is 37.6 Å². The number of rotatable bonds is 5. The van der Waals surface area contributed by atoms with Gasteiger partial charge in [-0.25, -0.2) is 9.97 Å². The Bertz CT molecular complexity index is 1050. The molecule has 0 bridgehead atoms. The minimum absolute atomic E-state index is 0.422. The fraction of sp³-hybridized carbons (Fsp3) is 0.304. The molecular weight excluding hydrogens is 362 g/mol. The number of aliphatic hydroxyl groups excluding tert-OH is 1. The van der Waals surface area contributed by atoms with Crippen LogP contribution in [-0.2, 0) is 6.54 Å². The number of hydrogen-bond donors (Lipinski definition) is 1. The summed E-state index contributed by atoms with van der Waals surface area (Å²) in [6.45, 7) is 4.84. The van der Waals surface area contributed by atoms with E-state index in [2.05, 4.69) is 72.9 Å². The van der Waals surface area contributed by atoms with Gasteiger partial charge in [-0.05, 0) is 18.2 Å². The summed E-state index contributed by atoms with van der Waals surface area (Å²) in [4.78, 5) is 13.2. The van der Waals surface area contributed by atoms with E-state index in [1.807, 2.05) is 6.07 Å². The highest BCUT2D eigenvalue weighted by atomic mass is 16.3. The molecule has 0 aliphatic carbocycles. The van der Waals surface area contributed by atoms with Crippen LogP contribution >= 0.6 is 0 Å². The molecule has 2 aromatic heterocycles. The van der Waals surface area contributed by atoms with Gasteiger partial charge in [0.2, 0.25) is 5.95 Å². The average Bonchev–Trinajstić information content (AvgIpc) is 3.09. The number of aromatic nitrogens is 3. The van der Waals surface area contributed by atoms with Gasteiger partial charge < -0.3 is 14.6 Å². The lowest BCUT2D eigenvalue weighted by Gasteiger charge is -2.35. The van der Waals surface area contributed by atoms with E-state index < -0.39 is 6.10 Å². The van der Waals surface area contributed by atoms with Gasteiger partial charge in [0.25, 0.3) is 0 Å². The van der Waals surface area contributed by atoms with Gasteiger partial charge in [-0.1, -0.05) is 36.4 Å². The van der Waals surface area contributed by atoms with Gasteiger partial charge in [-0.15, -0.1) is 0 Å². The zero-order valence-corrected chi connectivity index (χ0v) is 16.4. The summed E-state index contributed by atoms with van der Waals surface area (Å²) >= 11 is 0. The van der Waals surface area contributed by atoms with Crippen LogP contribution < -0.4 is 4.90 Å². The Labute approximate surface area is 170 Å². The first kappa shape index (κ1) is 18.1. The van der Waals surface area contributed by atoms with Crippen molar-refractivity contribution in [1.82, 2.24) is 19.4 Å². The third-order valence-corrected chi connectivity index (χ3v) is 5.75. The Morgan fingerprint density at radius 1 is 0.759 bits per heavy atom. The van der Waals surface area contributed by atoms with Gasteiger partial charge in [-0.2, -0.15) is 0 Å². The van der Waals surface area contributed by atoms with Gasteiger partial charge in [0.15, 0.2) is 0 Å². The second kappa shape index (κ2) is 7.81. The van der Waals surface area contributed by atoms with Crippen LogP contribution in [0.15, 0.2) is 67.0 Å². The van der Waals surface area contributed by atoms with E-state index in [4.69, 9.17) is 0 Å². The first-order valence-corrected chi connectivity index (χ1v) is 10.2. The van der Waals surface area contributed by atoms with Gasteiger partial charge in [-0.3, -0.25) is 4.90 Å². The van der Waals surface area contributed by atoms with Crippen molar-refractivity contribution in [3.63, 3.8) is 0 Å². The van der Waals surface area contributed by atoms with Gasteiger partial charge >= 0.3 is 0 Å². The van der Waals surface area contributed by atoms with Crippen LogP contribution in [0.5, 0.6) is 0 Å². The zero-order chi connectivity index (χ0) is 19.6. The molecule has 1 saturated heterocycles. The molecule has 1 aliphatic heterocycles. The molecule has 0 amide bonds. The number of aliphatic hydroxyl groups is 1. The van der Waals surface area contributed by atoms with Crippen molar-refractivity contribution >= 4 is 27.8 Å². The second-order valence-electron chi connectivity index (χ2n) is 7.64. The highest BCUT2D eigenvalue weighted by Crippen LogP contribution is 2.28. The van der Waals surface area contributed by atoms with E-state index in [-0.39, 0.29) is 0 Å². The molecule has 1 aliphatic rings. The van der Waals surface area contributed by atoms with Gasteiger partial charge in [0, 0.05) is 66.9 Å². The minimum atomic E-state index is -0.422. The number of benzene rings is 2. The molecule has 0 unspecified atom stereocenters. The lowest BCUT2D eigenvalue weighted by Crippen LogP contribution is -2.49. The third-order valence-electron chi connectivity index (χ3n) is 5.75. The molecule has 0 radical (unpaired) electrons. The van der Waals surface area contributed by atoms with Crippen LogP contribution in [0.1, 0.15) is 0 Å². The minimum Gasteiger partial charge on any atom is -0.390 e. The summed E-state index contributed by atoms with van der Waals surface area (Å²) in [6.07, 6.45) is 3.14. The summed E-state index contributed by atoms with van der Waals surface area (Å²) in [5, 5.41) is 13.4. The fourth-order valence-electron chi connectivity index (χ4n) is 4.35. The van der Waals surface area contributed by atoms with E-state index in [0.717, 1.165) is 32.1 Å². The van der Waals surface area contributed by atoms with E-state index in [1.54, 1.807) is 12.4 Å². The first-order chi connectivity index (χ1) is 14.3. The summed E-state index contributed by atoms with van der Waals surface area (Å²) in [6, 6.07) is 18.7. The summed E-state index contributed by atoms with van der Waals surface area (Å²) < 4.78 is 2.25. The summed E-state index contributed by atoms with van der Waals surface area (Å²) in [7, 11) is 0. The van der Waals surface area contributed by atoms with Gasteiger partial charge in [0.05, 0.1) is 12.6 Å². The molecule has 29 heavy (non-hydrogen) atoms. The van der Waals surface area contributed by atoms with Crippen LogP contribution in [0.3, 0.4) is 0 Å². The Morgan fingerprint density at radius 2 is 1.34 bits per heavy atom. The molecule has 0 saturated carbocycles. The van der Waals surface area contributed by atoms with Crippen molar-refractivity contribution in [2.24, 2.45) is 0 Å². The first-order valence-electron chi connectivity index (χ1n) is 10.2. The average molecular weight is 387 g/mol. The number of hydrogen-bond acceptors (Lipinski definition) is 5. The number of fused-ring (bicyclic) bond motifs is 3. The van der Waals surface area contributed by atoms with Crippen LogP contribution in [0, 0.1) is 0 Å². The molecule has 5 rings (SSSR count). The Balaban J connectivity index is 1.27. The standard InChI is InChI=1S/C23H25N5O/c29-18(16-26-12-14-27(15-13-26)23-24-10-5-11-25-23)17-28-21-8-3-1-6-19(21)20-7-2-4-9-22(20)28/h1-11,18,29H,12-17H2/t18-/m1/s1. The van der Waals surface area contributed by atoms with E-state index >= 15 is 0 Å². The van der Waals surface area contributed by atoms with Crippen molar-refractivity contribution in [2.45, 2.75) is 12.6 Å². The fourth-order valence-corrected chi connectivity index (χ4v) is 4.35. The molecule has 148 valence electrons. The molecule has 3 heterocycles. The largest absolute Gasteiger partial charge is 0.390 e. The maximum absolute atomic E-state index is 10.9. The monoisotopic (exact) mass is 387 g/mol. The van der Waals surface area contributed by atoms with Crippen LogP contribution in [-0.4, -0.2) is 63.4 Å². The SMILES string of the molecule is O[C@H](CN1CCN(c2ncccn2)CC1)Cn1c2ccccc2c2ccccc21. The molecule has 1 atom stereocenters. The lowest BCUT2D eigenvalue weighted by molar-refractivity contribution is 0.0967. The summed E-state index contributed by atoms with van der Waals surface area (Å²) in [5.74, 6) is 0.790. The predicted molar refractivity (Wildman–Crippen MR) is 116 cm³/mol. The van der Waals surface area contributed by atoms with Crippen molar-refractivity contribution in [3.05, 3.63) is 67.0 Å². The van der Waals surface area contributed by atoms with E-state index in [9.17, 15) is 5.11 Å². The topological polar surface area (TPSA) is 57.4 Å². The molecule has 6 heteroatoms. The number of nitrogens with zero attached hydrogens (tertiary/aromatic N) is 5. The highest BCUT2D eigenvalue weighted by molar-refractivity contribution is 6.07. The number of anilines is 1. The predicted octanol–water partition coefficient (Wildman–Crippen LogP) is 2.77.